The van der Waals surface area contributed by atoms with Crippen molar-refractivity contribution in [3.05, 3.63) is 35.4 Å². The van der Waals surface area contributed by atoms with Crippen LogP contribution < -0.4 is 4.98 Å². The molecule has 0 atom stereocenters. The minimum atomic E-state index is -2.66. The van der Waals surface area contributed by atoms with Gasteiger partial charge in [-0.2, -0.15) is 0 Å². The topological polar surface area (TPSA) is 39.7 Å². The molecule has 0 saturated carbocycles. The predicted molar refractivity (Wildman–Crippen MR) is 64.8 cm³/mol. The first kappa shape index (κ1) is 13.3. The summed E-state index contributed by atoms with van der Waals surface area (Å²) in [5, 5.41) is 0. The van der Waals surface area contributed by atoms with E-state index in [0.29, 0.717) is 6.54 Å². The monoisotopic (exact) mass is 241 g/mol. The molecule has 0 bridgehead atoms. The Kier molecular flexibility index (Phi) is 5.10. The first-order chi connectivity index (χ1) is 7.65. The fourth-order valence-corrected chi connectivity index (χ4v) is 2.74. The van der Waals surface area contributed by atoms with Gasteiger partial charge in [-0.05, 0) is 12.5 Å². The highest BCUT2D eigenvalue weighted by Gasteiger charge is 2.38. The van der Waals surface area contributed by atoms with Crippen LogP contribution in [-0.4, -0.2) is 30.3 Å². The Labute approximate surface area is 98.0 Å². The highest BCUT2D eigenvalue weighted by atomic mass is 28.4. The highest BCUT2D eigenvalue weighted by molar-refractivity contribution is 6.57. The van der Waals surface area contributed by atoms with Crippen molar-refractivity contribution in [2.24, 2.45) is 0 Å². The molecule has 1 rings (SSSR count). The summed E-state index contributed by atoms with van der Waals surface area (Å²) in [5.41, 5.74) is 2.42. The molecule has 90 valence electrons. The second-order valence-electron chi connectivity index (χ2n) is 3.51. The van der Waals surface area contributed by atoms with Gasteiger partial charge in [0, 0.05) is 27.9 Å². The standard InChI is InChI=1S/C11H19NO3Si/c1-10-5-7-11(8-6-10)9-12-16(13-2,14-3)15-4/h5-8,12H,9H2,1-4H3. The van der Waals surface area contributed by atoms with Crippen LogP contribution in [0.4, 0.5) is 0 Å². The molecule has 0 spiro atoms. The number of hydrogen-bond donors (Lipinski definition) is 1. The van der Waals surface area contributed by atoms with E-state index in [-0.39, 0.29) is 0 Å². The largest absolute Gasteiger partial charge is 0.596 e. The molecular formula is C11H19NO3Si. The molecule has 0 aliphatic heterocycles. The summed E-state index contributed by atoms with van der Waals surface area (Å²) < 4.78 is 15.8. The number of aryl methyl sites for hydroxylation is 1. The molecule has 0 saturated heterocycles. The van der Waals surface area contributed by atoms with Crippen molar-refractivity contribution in [2.75, 3.05) is 21.3 Å². The van der Waals surface area contributed by atoms with Gasteiger partial charge in [0.05, 0.1) is 0 Å². The lowest BCUT2D eigenvalue weighted by Gasteiger charge is -2.24. The Balaban J connectivity index is 2.58. The van der Waals surface area contributed by atoms with Gasteiger partial charge in [0.25, 0.3) is 0 Å². The van der Waals surface area contributed by atoms with Crippen molar-refractivity contribution in [2.45, 2.75) is 13.5 Å². The minimum Gasteiger partial charge on any atom is -0.364 e. The van der Waals surface area contributed by atoms with E-state index in [9.17, 15) is 0 Å². The van der Waals surface area contributed by atoms with Crippen molar-refractivity contribution in [3.63, 3.8) is 0 Å². The van der Waals surface area contributed by atoms with Gasteiger partial charge in [0.1, 0.15) is 0 Å². The predicted octanol–water partition coefficient (Wildman–Crippen LogP) is 1.46. The van der Waals surface area contributed by atoms with Crippen molar-refractivity contribution in [1.29, 1.82) is 0 Å². The van der Waals surface area contributed by atoms with Crippen LogP contribution in [0.25, 0.3) is 0 Å². The molecule has 0 amide bonds. The van der Waals surface area contributed by atoms with Gasteiger partial charge in [0.2, 0.25) is 0 Å². The number of rotatable bonds is 6. The van der Waals surface area contributed by atoms with Gasteiger partial charge in [-0.15, -0.1) is 0 Å². The van der Waals surface area contributed by atoms with Crippen molar-refractivity contribution < 1.29 is 13.3 Å². The number of benzene rings is 1. The molecule has 5 heteroatoms. The lowest BCUT2D eigenvalue weighted by molar-refractivity contribution is 0.109. The van der Waals surface area contributed by atoms with Crippen LogP contribution in [0.2, 0.25) is 0 Å². The van der Waals surface area contributed by atoms with E-state index < -0.39 is 8.97 Å². The van der Waals surface area contributed by atoms with Crippen molar-refractivity contribution >= 4 is 8.97 Å². The van der Waals surface area contributed by atoms with Gasteiger partial charge < -0.3 is 13.3 Å². The number of nitrogens with one attached hydrogen (secondary N) is 1. The van der Waals surface area contributed by atoms with E-state index in [4.69, 9.17) is 13.3 Å². The maximum absolute atomic E-state index is 5.27. The molecule has 0 aliphatic rings. The maximum Gasteiger partial charge on any atom is 0.596 e. The van der Waals surface area contributed by atoms with Crippen molar-refractivity contribution in [3.8, 4) is 0 Å². The van der Waals surface area contributed by atoms with Gasteiger partial charge in [0.15, 0.2) is 0 Å². The van der Waals surface area contributed by atoms with Gasteiger partial charge in [-0.3, -0.25) is 4.98 Å². The van der Waals surface area contributed by atoms with Crippen LogP contribution in [0, 0.1) is 6.92 Å². The Morgan fingerprint density at radius 3 is 1.94 bits per heavy atom. The van der Waals surface area contributed by atoms with Crippen LogP contribution in [0.15, 0.2) is 24.3 Å². The SMILES string of the molecule is CO[Si](NCc1ccc(C)cc1)(OC)OC. The molecule has 0 fully saturated rings. The fourth-order valence-electron chi connectivity index (χ4n) is 1.38. The fraction of sp³-hybridized carbons (Fsp3) is 0.455. The van der Waals surface area contributed by atoms with Gasteiger partial charge in [-0.25, -0.2) is 0 Å². The van der Waals surface area contributed by atoms with Crippen LogP contribution in [0.3, 0.4) is 0 Å². The van der Waals surface area contributed by atoms with Crippen LogP contribution in [-0.2, 0) is 19.8 Å². The first-order valence-corrected chi connectivity index (χ1v) is 6.84. The second kappa shape index (κ2) is 6.12. The van der Waals surface area contributed by atoms with Gasteiger partial charge >= 0.3 is 8.97 Å². The summed E-state index contributed by atoms with van der Waals surface area (Å²) in [6.07, 6.45) is 0. The first-order valence-electron chi connectivity index (χ1n) is 5.12. The third kappa shape index (κ3) is 3.40. The van der Waals surface area contributed by atoms with E-state index in [0.717, 1.165) is 0 Å². The molecular weight excluding hydrogens is 222 g/mol. The molecule has 1 aromatic rings. The van der Waals surface area contributed by atoms with Crippen LogP contribution in [0.5, 0.6) is 0 Å². The molecule has 1 N–H and O–H groups in total. The van der Waals surface area contributed by atoms with Gasteiger partial charge in [-0.1, -0.05) is 29.8 Å². The second-order valence-corrected chi connectivity index (χ2v) is 6.20. The van der Waals surface area contributed by atoms with E-state index in [2.05, 4.69) is 36.2 Å². The normalized spacial score (nSPS) is 11.8. The average molecular weight is 241 g/mol. The molecule has 0 aliphatic carbocycles. The van der Waals surface area contributed by atoms with E-state index in [1.165, 1.54) is 11.1 Å². The Bertz CT molecular complexity index is 303. The summed E-state index contributed by atoms with van der Waals surface area (Å²) in [5.74, 6) is 0. The average Bonchev–Trinajstić information content (AvgIpc) is 2.34. The van der Waals surface area contributed by atoms with Crippen LogP contribution in [0.1, 0.15) is 11.1 Å². The van der Waals surface area contributed by atoms with E-state index in [1.807, 2.05) is 0 Å². The zero-order valence-electron chi connectivity index (χ0n) is 10.2. The smallest absolute Gasteiger partial charge is 0.364 e. The Hall–Kier alpha value is -0.723. The van der Waals surface area contributed by atoms with E-state index in [1.54, 1.807) is 21.3 Å². The lowest BCUT2D eigenvalue weighted by atomic mass is 10.2. The summed E-state index contributed by atoms with van der Waals surface area (Å²) >= 11 is 0. The Morgan fingerprint density at radius 1 is 1.00 bits per heavy atom. The zero-order valence-corrected chi connectivity index (χ0v) is 11.2. The van der Waals surface area contributed by atoms with Crippen LogP contribution >= 0.6 is 0 Å². The van der Waals surface area contributed by atoms with E-state index >= 15 is 0 Å². The summed E-state index contributed by atoms with van der Waals surface area (Å²) in [6.45, 7) is 2.73. The molecule has 0 aromatic heterocycles. The molecule has 0 radical (unpaired) electrons. The molecule has 4 nitrogen and oxygen atoms in total. The molecule has 1 aromatic carbocycles. The summed E-state index contributed by atoms with van der Waals surface area (Å²) in [4.78, 5) is 3.19. The zero-order chi connectivity index (χ0) is 12.0. The maximum atomic E-state index is 5.27. The van der Waals surface area contributed by atoms with Crippen molar-refractivity contribution in [1.82, 2.24) is 4.98 Å². The Morgan fingerprint density at radius 2 is 1.50 bits per heavy atom. The molecule has 0 heterocycles. The lowest BCUT2D eigenvalue weighted by Crippen LogP contribution is -2.56. The third-order valence-electron chi connectivity index (χ3n) is 2.44. The quantitative estimate of drug-likeness (QED) is 0.765. The highest BCUT2D eigenvalue weighted by Crippen LogP contribution is 2.06. The summed E-state index contributed by atoms with van der Waals surface area (Å²) in [6, 6.07) is 8.30. The minimum absolute atomic E-state index is 0.669. The summed E-state index contributed by atoms with van der Waals surface area (Å²) in [7, 11) is 2.09. The number of hydrogen-bond acceptors (Lipinski definition) is 4. The molecule has 0 unspecified atom stereocenters. The third-order valence-corrected chi connectivity index (χ3v) is 4.66. The molecule has 16 heavy (non-hydrogen) atoms.